The number of hydrogen-bond donors (Lipinski definition) is 0. The summed E-state index contributed by atoms with van der Waals surface area (Å²) in [6.45, 7) is 0. The molecule has 0 radical (unpaired) electrons. The molecule has 1 fully saturated rings. The molecule has 2 heterocycles. The minimum Gasteiger partial charge on any atom is -0.497 e. The van der Waals surface area contributed by atoms with Crippen molar-refractivity contribution < 1.29 is 9.53 Å². The topological polar surface area (TPSA) is 56.5 Å². The first-order chi connectivity index (χ1) is 11.7. The van der Waals surface area contributed by atoms with E-state index in [4.69, 9.17) is 4.74 Å². The van der Waals surface area contributed by atoms with E-state index in [1.54, 1.807) is 7.11 Å². The molecule has 1 aromatic carbocycles. The first-order valence-electron chi connectivity index (χ1n) is 8.24. The fourth-order valence-corrected chi connectivity index (χ4v) is 2.90. The third-order valence-corrected chi connectivity index (χ3v) is 4.36. The predicted octanol–water partition coefficient (Wildman–Crippen LogP) is 3.32. The van der Waals surface area contributed by atoms with Crippen LogP contribution in [0.25, 0.3) is 16.9 Å². The summed E-state index contributed by atoms with van der Waals surface area (Å²) in [4.78, 5) is 16.6. The maximum Gasteiger partial charge on any atom is 0.159 e. The van der Waals surface area contributed by atoms with Gasteiger partial charge in [0.1, 0.15) is 11.5 Å². The Morgan fingerprint density at radius 1 is 1.21 bits per heavy atom. The van der Waals surface area contributed by atoms with E-state index in [1.165, 1.54) is 12.8 Å². The van der Waals surface area contributed by atoms with Crippen molar-refractivity contribution in [3.63, 3.8) is 0 Å². The Bertz CT molecular complexity index is 879. The van der Waals surface area contributed by atoms with Gasteiger partial charge in [0, 0.05) is 12.0 Å². The quantitative estimate of drug-likeness (QED) is 0.699. The highest BCUT2D eigenvalue weighted by Crippen LogP contribution is 2.32. The van der Waals surface area contributed by atoms with Crippen molar-refractivity contribution in [2.75, 3.05) is 7.11 Å². The zero-order valence-electron chi connectivity index (χ0n) is 13.6. The summed E-state index contributed by atoms with van der Waals surface area (Å²) in [5.74, 6) is 2.25. The van der Waals surface area contributed by atoms with E-state index in [9.17, 15) is 4.79 Å². The molecule has 5 heteroatoms. The molecular weight excluding hydrogens is 302 g/mol. The summed E-state index contributed by atoms with van der Waals surface area (Å²) in [6, 6.07) is 13.7. The molecule has 3 aromatic rings. The molecule has 2 aromatic heterocycles. The normalized spacial score (nSPS) is 14.0. The van der Waals surface area contributed by atoms with Crippen molar-refractivity contribution in [3.05, 3.63) is 48.3 Å². The van der Waals surface area contributed by atoms with E-state index >= 15 is 0 Å². The molecule has 0 saturated heterocycles. The number of Topliss-reactive ketones (excluding diaryl/α,β-unsaturated/α-hetero) is 1. The van der Waals surface area contributed by atoms with Gasteiger partial charge in [0.05, 0.1) is 19.2 Å². The highest BCUT2D eigenvalue weighted by Gasteiger charge is 2.25. The molecule has 0 N–H and O–H groups in total. The maximum atomic E-state index is 12.1. The predicted molar refractivity (Wildman–Crippen MR) is 91.0 cm³/mol. The Hall–Kier alpha value is -2.69. The molecule has 0 amide bonds. The van der Waals surface area contributed by atoms with Crippen molar-refractivity contribution in [1.82, 2.24) is 14.6 Å². The van der Waals surface area contributed by atoms with Crippen LogP contribution in [0.1, 0.15) is 25.1 Å². The van der Waals surface area contributed by atoms with Crippen LogP contribution in [0.5, 0.6) is 5.75 Å². The lowest BCUT2D eigenvalue weighted by atomic mass is 10.1. The number of carbonyl (C=O) groups excluding carboxylic acids is 1. The number of ketones is 1. The van der Waals surface area contributed by atoms with Crippen molar-refractivity contribution >= 4 is 11.4 Å². The van der Waals surface area contributed by atoms with Crippen molar-refractivity contribution in [3.8, 4) is 17.0 Å². The van der Waals surface area contributed by atoms with E-state index in [0.29, 0.717) is 24.6 Å². The number of aromatic nitrogens is 3. The lowest BCUT2D eigenvalue weighted by Gasteiger charge is -2.05. The number of pyridine rings is 1. The molecule has 0 spiro atoms. The SMILES string of the molecule is COc1ccc(-c2cccc3nc(CC(=O)CC4CC4)nn23)cc1. The van der Waals surface area contributed by atoms with Crippen molar-refractivity contribution in [2.45, 2.75) is 25.7 Å². The number of hydrogen-bond acceptors (Lipinski definition) is 4. The van der Waals surface area contributed by atoms with Crippen LogP contribution >= 0.6 is 0 Å². The standard InChI is InChI=1S/C19H19N3O2/c1-24-16-9-7-14(8-10-16)17-3-2-4-19-20-18(21-22(17)19)12-15(23)11-13-5-6-13/h2-4,7-10,13H,5-6,11-12H2,1H3. The van der Waals surface area contributed by atoms with Crippen molar-refractivity contribution in [2.24, 2.45) is 5.92 Å². The van der Waals surface area contributed by atoms with Crippen LogP contribution in [0.15, 0.2) is 42.5 Å². The average Bonchev–Trinajstić information content (AvgIpc) is 3.31. The largest absolute Gasteiger partial charge is 0.497 e. The first kappa shape index (κ1) is 14.9. The van der Waals surface area contributed by atoms with Gasteiger partial charge < -0.3 is 4.74 Å². The van der Waals surface area contributed by atoms with E-state index in [-0.39, 0.29) is 5.78 Å². The van der Waals surface area contributed by atoms with Crippen molar-refractivity contribution in [1.29, 1.82) is 0 Å². The number of rotatable bonds is 6. The van der Waals surface area contributed by atoms with Crippen LogP contribution in [-0.4, -0.2) is 27.5 Å². The summed E-state index contributed by atoms with van der Waals surface area (Å²) in [7, 11) is 1.65. The first-order valence-corrected chi connectivity index (χ1v) is 8.24. The fourth-order valence-electron chi connectivity index (χ4n) is 2.90. The van der Waals surface area contributed by atoms with Gasteiger partial charge in [0.2, 0.25) is 0 Å². The Kier molecular flexibility index (Phi) is 3.76. The number of nitrogens with zero attached hydrogens (tertiary/aromatic N) is 3. The average molecular weight is 321 g/mol. The van der Waals surface area contributed by atoms with E-state index in [1.807, 2.05) is 47.0 Å². The number of ether oxygens (including phenoxy) is 1. The van der Waals surface area contributed by atoms with Gasteiger partial charge in [0.15, 0.2) is 11.5 Å². The third kappa shape index (κ3) is 3.02. The molecule has 0 unspecified atom stereocenters. The number of methoxy groups -OCH3 is 1. The maximum absolute atomic E-state index is 12.1. The molecule has 122 valence electrons. The van der Waals surface area contributed by atoms with E-state index in [2.05, 4.69) is 10.1 Å². The fraction of sp³-hybridized carbons (Fsp3) is 0.316. The zero-order valence-corrected chi connectivity index (χ0v) is 13.6. The minimum atomic E-state index is 0.236. The van der Waals surface area contributed by atoms with Gasteiger partial charge in [-0.3, -0.25) is 4.79 Å². The highest BCUT2D eigenvalue weighted by molar-refractivity contribution is 5.80. The Labute approximate surface area is 140 Å². The van der Waals surface area contributed by atoms with E-state index < -0.39 is 0 Å². The van der Waals surface area contributed by atoms with Gasteiger partial charge in [0.25, 0.3) is 0 Å². The monoisotopic (exact) mass is 321 g/mol. The van der Waals surface area contributed by atoms with Gasteiger partial charge >= 0.3 is 0 Å². The van der Waals surface area contributed by atoms with Gasteiger partial charge in [-0.15, -0.1) is 0 Å². The van der Waals surface area contributed by atoms with Gasteiger partial charge in [-0.1, -0.05) is 6.07 Å². The smallest absolute Gasteiger partial charge is 0.159 e. The van der Waals surface area contributed by atoms with E-state index in [0.717, 1.165) is 22.7 Å². The molecular formula is C19H19N3O2. The molecule has 1 saturated carbocycles. The van der Waals surface area contributed by atoms with Gasteiger partial charge in [-0.05, 0) is 55.2 Å². The zero-order chi connectivity index (χ0) is 16.5. The lowest BCUT2D eigenvalue weighted by molar-refractivity contribution is -0.118. The summed E-state index contributed by atoms with van der Waals surface area (Å²) in [5.41, 5.74) is 2.74. The molecule has 0 bridgehead atoms. The summed E-state index contributed by atoms with van der Waals surface area (Å²) in [5, 5.41) is 4.55. The molecule has 1 aliphatic carbocycles. The Balaban J connectivity index is 1.64. The third-order valence-electron chi connectivity index (χ3n) is 4.36. The summed E-state index contributed by atoms with van der Waals surface area (Å²) >= 11 is 0. The second kappa shape index (κ2) is 6.07. The molecule has 1 aliphatic rings. The van der Waals surface area contributed by atoms with Crippen LogP contribution in [-0.2, 0) is 11.2 Å². The molecule has 24 heavy (non-hydrogen) atoms. The molecule has 4 rings (SSSR count). The number of carbonyl (C=O) groups is 1. The molecule has 0 atom stereocenters. The summed E-state index contributed by atoms with van der Waals surface area (Å²) < 4.78 is 7.01. The highest BCUT2D eigenvalue weighted by atomic mass is 16.5. The lowest BCUT2D eigenvalue weighted by Crippen LogP contribution is -2.05. The van der Waals surface area contributed by atoms with Crippen LogP contribution in [0.4, 0.5) is 0 Å². The summed E-state index contributed by atoms with van der Waals surface area (Å²) in [6.07, 6.45) is 3.36. The van der Waals surface area contributed by atoms with Crippen LogP contribution in [0.3, 0.4) is 0 Å². The Morgan fingerprint density at radius 3 is 2.71 bits per heavy atom. The van der Waals surface area contributed by atoms with Crippen LogP contribution < -0.4 is 4.74 Å². The van der Waals surface area contributed by atoms with Crippen LogP contribution in [0.2, 0.25) is 0 Å². The molecule has 5 nitrogen and oxygen atoms in total. The second-order valence-corrected chi connectivity index (χ2v) is 6.30. The number of benzene rings is 1. The second-order valence-electron chi connectivity index (χ2n) is 6.30. The minimum absolute atomic E-state index is 0.236. The van der Waals surface area contributed by atoms with Gasteiger partial charge in [-0.25, -0.2) is 9.50 Å². The molecule has 0 aliphatic heterocycles. The Morgan fingerprint density at radius 2 is 2.00 bits per heavy atom. The van der Waals surface area contributed by atoms with Gasteiger partial charge in [-0.2, -0.15) is 5.10 Å². The van der Waals surface area contributed by atoms with Crippen LogP contribution in [0, 0.1) is 5.92 Å². The number of fused-ring (bicyclic) bond motifs is 1.